The fraction of sp³-hybridized carbons (Fsp3) is 0.267. The molecule has 0 aliphatic heterocycles. The minimum atomic E-state index is 0.676. The van der Waals surface area contributed by atoms with Crippen molar-refractivity contribution in [2.45, 2.75) is 20.8 Å². The first-order chi connectivity index (χ1) is 8.22. The Kier molecular flexibility index (Phi) is 3.43. The molecule has 0 amide bonds. The fourth-order valence-corrected chi connectivity index (χ4v) is 1.94. The maximum atomic E-state index is 5.65. The molecule has 0 saturated carbocycles. The minimum absolute atomic E-state index is 0.676. The van der Waals surface area contributed by atoms with Crippen LogP contribution in [0.15, 0.2) is 36.4 Å². The zero-order valence-corrected chi connectivity index (χ0v) is 10.5. The molecular formula is C15H17NO. The Morgan fingerprint density at radius 1 is 1.00 bits per heavy atom. The lowest BCUT2D eigenvalue weighted by atomic mass is 10.0. The third kappa shape index (κ3) is 2.47. The van der Waals surface area contributed by atoms with Crippen molar-refractivity contribution >= 4 is 0 Å². The summed E-state index contributed by atoms with van der Waals surface area (Å²) in [7, 11) is 0. The monoisotopic (exact) mass is 227 g/mol. The van der Waals surface area contributed by atoms with Crippen molar-refractivity contribution in [3.63, 3.8) is 0 Å². The molecule has 1 aromatic heterocycles. The molecule has 0 N–H and O–H groups in total. The predicted octanol–water partition coefficient (Wildman–Crippen LogP) is 3.76. The molecule has 1 aromatic carbocycles. The summed E-state index contributed by atoms with van der Waals surface area (Å²) in [5.41, 5.74) is 4.33. The highest BCUT2D eigenvalue weighted by Gasteiger charge is 2.08. The third-order valence-corrected chi connectivity index (χ3v) is 2.70. The fourth-order valence-electron chi connectivity index (χ4n) is 1.94. The van der Waals surface area contributed by atoms with E-state index >= 15 is 0 Å². The van der Waals surface area contributed by atoms with Gasteiger partial charge in [-0.25, -0.2) is 0 Å². The van der Waals surface area contributed by atoms with Gasteiger partial charge in [-0.1, -0.05) is 24.3 Å². The number of aromatic nitrogens is 1. The molecule has 1 heterocycles. The lowest BCUT2D eigenvalue weighted by Crippen LogP contribution is -1.96. The van der Waals surface area contributed by atoms with E-state index in [1.165, 1.54) is 0 Å². The summed E-state index contributed by atoms with van der Waals surface area (Å²) >= 11 is 0. The van der Waals surface area contributed by atoms with Crippen molar-refractivity contribution in [3.8, 4) is 16.9 Å². The summed E-state index contributed by atoms with van der Waals surface area (Å²) in [6, 6.07) is 12.2. The SMILES string of the molecule is CCOc1ccccc1-c1ccc(C)nc1C. The van der Waals surface area contributed by atoms with E-state index in [1.807, 2.05) is 45.0 Å². The van der Waals surface area contributed by atoms with Crippen LogP contribution in [0.3, 0.4) is 0 Å². The zero-order chi connectivity index (χ0) is 12.3. The van der Waals surface area contributed by atoms with Crippen molar-refractivity contribution in [2.75, 3.05) is 6.61 Å². The molecule has 0 aliphatic rings. The molecule has 2 heteroatoms. The second-order valence-electron chi connectivity index (χ2n) is 4.01. The van der Waals surface area contributed by atoms with Crippen LogP contribution >= 0.6 is 0 Å². The van der Waals surface area contributed by atoms with E-state index in [1.54, 1.807) is 0 Å². The molecule has 17 heavy (non-hydrogen) atoms. The number of benzene rings is 1. The number of pyridine rings is 1. The largest absolute Gasteiger partial charge is 0.493 e. The van der Waals surface area contributed by atoms with Crippen molar-refractivity contribution in [2.24, 2.45) is 0 Å². The van der Waals surface area contributed by atoms with E-state index in [0.29, 0.717) is 6.61 Å². The summed E-state index contributed by atoms with van der Waals surface area (Å²) in [5, 5.41) is 0. The van der Waals surface area contributed by atoms with Gasteiger partial charge in [-0.05, 0) is 32.9 Å². The third-order valence-electron chi connectivity index (χ3n) is 2.70. The van der Waals surface area contributed by atoms with E-state index < -0.39 is 0 Å². The van der Waals surface area contributed by atoms with Gasteiger partial charge in [-0.15, -0.1) is 0 Å². The smallest absolute Gasteiger partial charge is 0.127 e. The molecule has 2 aromatic rings. The molecule has 2 nitrogen and oxygen atoms in total. The first kappa shape index (κ1) is 11.6. The van der Waals surface area contributed by atoms with E-state index in [9.17, 15) is 0 Å². The van der Waals surface area contributed by atoms with E-state index in [4.69, 9.17) is 4.74 Å². The van der Waals surface area contributed by atoms with Gasteiger partial charge >= 0.3 is 0 Å². The van der Waals surface area contributed by atoms with Crippen molar-refractivity contribution in [1.29, 1.82) is 0 Å². The average Bonchev–Trinajstić information content (AvgIpc) is 2.31. The Bertz CT molecular complexity index is 520. The first-order valence-electron chi connectivity index (χ1n) is 5.89. The van der Waals surface area contributed by atoms with Crippen LogP contribution in [0.1, 0.15) is 18.3 Å². The summed E-state index contributed by atoms with van der Waals surface area (Å²) < 4.78 is 5.65. The van der Waals surface area contributed by atoms with E-state index in [0.717, 1.165) is 28.3 Å². The lowest BCUT2D eigenvalue weighted by Gasteiger charge is -2.12. The number of aryl methyl sites for hydroxylation is 2. The molecule has 0 spiro atoms. The summed E-state index contributed by atoms with van der Waals surface area (Å²) in [4.78, 5) is 4.50. The van der Waals surface area contributed by atoms with Crippen LogP contribution in [0.4, 0.5) is 0 Å². The Hall–Kier alpha value is -1.83. The standard InChI is InChI=1S/C15H17NO/c1-4-17-15-8-6-5-7-14(15)13-10-9-11(2)16-12(13)3/h5-10H,4H2,1-3H3. The molecule has 0 atom stereocenters. The Morgan fingerprint density at radius 3 is 2.47 bits per heavy atom. The van der Waals surface area contributed by atoms with Gasteiger partial charge in [0, 0.05) is 22.5 Å². The first-order valence-corrected chi connectivity index (χ1v) is 5.89. The second kappa shape index (κ2) is 5.00. The van der Waals surface area contributed by atoms with Crippen LogP contribution in [0.2, 0.25) is 0 Å². The topological polar surface area (TPSA) is 22.1 Å². The van der Waals surface area contributed by atoms with Gasteiger partial charge in [0.1, 0.15) is 5.75 Å². The summed E-state index contributed by atoms with van der Waals surface area (Å²) in [6.45, 7) is 6.71. The van der Waals surface area contributed by atoms with Gasteiger partial charge in [0.05, 0.1) is 6.61 Å². The zero-order valence-electron chi connectivity index (χ0n) is 10.5. The highest BCUT2D eigenvalue weighted by atomic mass is 16.5. The number of hydrogen-bond donors (Lipinski definition) is 0. The van der Waals surface area contributed by atoms with Crippen molar-refractivity contribution < 1.29 is 4.74 Å². The van der Waals surface area contributed by atoms with Crippen LogP contribution < -0.4 is 4.74 Å². The number of hydrogen-bond acceptors (Lipinski definition) is 2. The average molecular weight is 227 g/mol. The Balaban J connectivity index is 2.52. The summed E-state index contributed by atoms with van der Waals surface area (Å²) in [5.74, 6) is 0.920. The number of ether oxygens (including phenoxy) is 1. The minimum Gasteiger partial charge on any atom is -0.493 e. The van der Waals surface area contributed by atoms with E-state index in [-0.39, 0.29) is 0 Å². The number of para-hydroxylation sites is 1. The highest BCUT2D eigenvalue weighted by molar-refractivity contribution is 5.72. The van der Waals surface area contributed by atoms with Crippen molar-refractivity contribution in [3.05, 3.63) is 47.8 Å². The molecule has 0 fully saturated rings. The summed E-state index contributed by atoms with van der Waals surface area (Å²) in [6.07, 6.45) is 0. The second-order valence-corrected chi connectivity index (χ2v) is 4.01. The van der Waals surface area contributed by atoms with Gasteiger partial charge in [0.25, 0.3) is 0 Å². The van der Waals surface area contributed by atoms with E-state index in [2.05, 4.69) is 17.1 Å². The van der Waals surface area contributed by atoms with Crippen LogP contribution in [-0.4, -0.2) is 11.6 Å². The van der Waals surface area contributed by atoms with Crippen LogP contribution in [-0.2, 0) is 0 Å². The van der Waals surface area contributed by atoms with Gasteiger partial charge in [0.2, 0.25) is 0 Å². The normalized spacial score (nSPS) is 10.3. The Labute approximate surface area is 102 Å². The predicted molar refractivity (Wildman–Crippen MR) is 70.3 cm³/mol. The molecule has 0 saturated heterocycles. The number of rotatable bonds is 3. The molecule has 2 rings (SSSR count). The maximum absolute atomic E-state index is 5.65. The molecule has 0 aliphatic carbocycles. The van der Waals surface area contributed by atoms with Crippen molar-refractivity contribution in [1.82, 2.24) is 4.98 Å². The Morgan fingerprint density at radius 2 is 1.76 bits per heavy atom. The number of nitrogens with zero attached hydrogens (tertiary/aromatic N) is 1. The van der Waals surface area contributed by atoms with Crippen LogP contribution in [0, 0.1) is 13.8 Å². The van der Waals surface area contributed by atoms with Gasteiger partial charge in [-0.3, -0.25) is 4.98 Å². The van der Waals surface area contributed by atoms with Crippen LogP contribution in [0.25, 0.3) is 11.1 Å². The molecule has 0 bridgehead atoms. The van der Waals surface area contributed by atoms with Crippen LogP contribution in [0.5, 0.6) is 5.75 Å². The lowest BCUT2D eigenvalue weighted by molar-refractivity contribution is 0.341. The van der Waals surface area contributed by atoms with Gasteiger partial charge < -0.3 is 4.74 Å². The molecular weight excluding hydrogens is 210 g/mol. The molecule has 0 radical (unpaired) electrons. The quantitative estimate of drug-likeness (QED) is 0.796. The molecule has 88 valence electrons. The highest BCUT2D eigenvalue weighted by Crippen LogP contribution is 2.31. The van der Waals surface area contributed by atoms with Gasteiger partial charge in [-0.2, -0.15) is 0 Å². The maximum Gasteiger partial charge on any atom is 0.127 e. The molecule has 0 unspecified atom stereocenters. The van der Waals surface area contributed by atoms with Gasteiger partial charge in [0.15, 0.2) is 0 Å².